The number of nitrogens with zero attached hydrogens (tertiary/aromatic N) is 4. The molecule has 0 fully saturated rings. The molecule has 3 aromatic rings. The number of esters is 1. The van der Waals surface area contributed by atoms with Gasteiger partial charge in [-0.2, -0.15) is 0 Å². The lowest BCUT2D eigenvalue weighted by Crippen LogP contribution is -2.37. The molecule has 0 aliphatic carbocycles. The maximum atomic E-state index is 12.4. The molecular formula is C20H21ClN4O6. The van der Waals surface area contributed by atoms with E-state index in [9.17, 15) is 14.4 Å². The average molecular weight is 449 g/mol. The smallest absolute Gasteiger partial charge is 0.332 e. The Morgan fingerprint density at radius 2 is 1.90 bits per heavy atom. The van der Waals surface area contributed by atoms with E-state index in [1.54, 1.807) is 16.7 Å². The predicted octanol–water partition coefficient (Wildman–Crippen LogP) is 1.36. The molecule has 3 rings (SSSR count). The van der Waals surface area contributed by atoms with Gasteiger partial charge in [0.15, 0.2) is 22.7 Å². The van der Waals surface area contributed by atoms with Crippen LogP contribution < -0.4 is 20.7 Å². The van der Waals surface area contributed by atoms with Gasteiger partial charge in [0, 0.05) is 20.2 Å². The number of hydrogen-bond acceptors (Lipinski definition) is 7. The Morgan fingerprint density at radius 3 is 2.58 bits per heavy atom. The zero-order chi connectivity index (χ0) is 22.7. The fraction of sp³-hybridized carbons (Fsp3) is 0.300. The molecule has 0 unspecified atom stereocenters. The van der Waals surface area contributed by atoms with E-state index >= 15 is 0 Å². The number of benzene rings is 1. The number of halogens is 1. The molecular weight excluding hydrogens is 428 g/mol. The molecule has 0 bridgehead atoms. The van der Waals surface area contributed by atoms with Crippen molar-refractivity contribution in [3.8, 4) is 11.5 Å². The van der Waals surface area contributed by atoms with Gasteiger partial charge >= 0.3 is 11.7 Å². The molecule has 0 amide bonds. The first kappa shape index (κ1) is 22.2. The number of ether oxygens (including phenoxy) is 3. The van der Waals surface area contributed by atoms with E-state index < -0.39 is 17.2 Å². The Balaban J connectivity index is 1.68. The highest BCUT2D eigenvalue weighted by Gasteiger charge is 2.14. The normalized spacial score (nSPS) is 11.3. The zero-order valence-electron chi connectivity index (χ0n) is 17.4. The van der Waals surface area contributed by atoms with Crippen LogP contribution in [0.1, 0.15) is 5.56 Å². The highest BCUT2D eigenvalue weighted by molar-refractivity contribution is 6.32. The maximum absolute atomic E-state index is 12.4. The van der Waals surface area contributed by atoms with Gasteiger partial charge in [0.2, 0.25) is 0 Å². The Morgan fingerprint density at radius 1 is 1.16 bits per heavy atom. The van der Waals surface area contributed by atoms with Crippen molar-refractivity contribution >= 4 is 34.8 Å². The Hall–Kier alpha value is -3.53. The van der Waals surface area contributed by atoms with Crippen LogP contribution in [-0.4, -0.2) is 45.5 Å². The first-order chi connectivity index (χ1) is 14.8. The quantitative estimate of drug-likeness (QED) is 0.397. The molecule has 0 aliphatic rings. The Labute approximate surface area is 181 Å². The van der Waals surface area contributed by atoms with Crippen LogP contribution in [0.25, 0.3) is 17.2 Å². The molecule has 0 aliphatic heterocycles. The summed E-state index contributed by atoms with van der Waals surface area (Å²) in [4.78, 5) is 40.6. The summed E-state index contributed by atoms with van der Waals surface area (Å²) in [5.41, 5.74) is 0.229. The number of hydrogen-bond donors (Lipinski definition) is 0. The molecule has 11 heteroatoms. The third-order valence-electron chi connectivity index (χ3n) is 4.66. The van der Waals surface area contributed by atoms with Crippen molar-refractivity contribution in [1.82, 2.24) is 18.7 Å². The molecule has 0 radical (unpaired) electrons. The van der Waals surface area contributed by atoms with E-state index in [0.717, 1.165) is 4.57 Å². The summed E-state index contributed by atoms with van der Waals surface area (Å²) in [6, 6.07) is 3.30. The summed E-state index contributed by atoms with van der Waals surface area (Å²) >= 11 is 6.15. The highest BCUT2D eigenvalue weighted by atomic mass is 35.5. The summed E-state index contributed by atoms with van der Waals surface area (Å²) in [5.74, 6) is 0.265. The van der Waals surface area contributed by atoms with Crippen molar-refractivity contribution < 1.29 is 19.0 Å². The minimum atomic E-state index is -0.573. The number of methoxy groups -OCH3 is 2. The third kappa shape index (κ3) is 4.33. The summed E-state index contributed by atoms with van der Waals surface area (Å²) in [6.07, 6.45) is 4.22. The van der Waals surface area contributed by atoms with Crippen molar-refractivity contribution in [3.05, 3.63) is 56.0 Å². The van der Waals surface area contributed by atoms with E-state index in [0.29, 0.717) is 22.1 Å². The van der Waals surface area contributed by atoms with Crippen molar-refractivity contribution in [3.63, 3.8) is 0 Å². The van der Waals surface area contributed by atoms with Gasteiger partial charge in [-0.1, -0.05) is 11.6 Å². The van der Waals surface area contributed by atoms with Gasteiger partial charge in [0.25, 0.3) is 5.56 Å². The van der Waals surface area contributed by atoms with Crippen molar-refractivity contribution in [2.75, 3.05) is 20.8 Å². The minimum Gasteiger partial charge on any atom is -0.493 e. The first-order valence-corrected chi connectivity index (χ1v) is 9.53. The van der Waals surface area contributed by atoms with Crippen LogP contribution in [-0.2, 0) is 30.2 Å². The van der Waals surface area contributed by atoms with Gasteiger partial charge < -0.3 is 18.8 Å². The molecule has 0 atom stereocenters. The van der Waals surface area contributed by atoms with Crippen LogP contribution in [0.15, 0.2) is 34.1 Å². The monoisotopic (exact) mass is 448 g/mol. The topological polar surface area (TPSA) is 107 Å². The van der Waals surface area contributed by atoms with Gasteiger partial charge in [-0.15, -0.1) is 0 Å². The lowest BCUT2D eigenvalue weighted by molar-refractivity contribution is -0.137. The largest absolute Gasteiger partial charge is 0.493 e. The Kier molecular flexibility index (Phi) is 6.50. The number of rotatable bonds is 7. The summed E-state index contributed by atoms with van der Waals surface area (Å²) in [7, 11) is 5.90. The van der Waals surface area contributed by atoms with Crippen LogP contribution in [0.2, 0.25) is 5.02 Å². The van der Waals surface area contributed by atoms with E-state index in [2.05, 4.69) is 4.98 Å². The van der Waals surface area contributed by atoms with E-state index in [1.165, 1.54) is 51.4 Å². The molecule has 31 heavy (non-hydrogen) atoms. The molecule has 1 aromatic carbocycles. The average Bonchev–Trinajstić information content (AvgIpc) is 3.18. The summed E-state index contributed by atoms with van der Waals surface area (Å²) in [5, 5.41) is 0.345. The first-order valence-electron chi connectivity index (χ1n) is 9.15. The molecule has 0 N–H and O–H groups in total. The third-order valence-corrected chi connectivity index (χ3v) is 4.94. The maximum Gasteiger partial charge on any atom is 0.332 e. The molecule has 164 valence electrons. The second-order valence-electron chi connectivity index (χ2n) is 6.56. The lowest BCUT2D eigenvalue weighted by Gasteiger charge is -2.10. The van der Waals surface area contributed by atoms with Crippen LogP contribution in [0.3, 0.4) is 0 Å². The molecule has 2 aromatic heterocycles. The number of carbonyl (C=O) groups excluding carboxylic acids is 1. The number of aryl methyl sites for hydroxylation is 1. The number of carbonyl (C=O) groups is 1. The molecule has 0 spiro atoms. The zero-order valence-corrected chi connectivity index (χ0v) is 18.2. The highest BCUT2D eigenvalue weighted by Crippen LogP contribution is 2.36. The standard InChI is InChI=1S/C20H21ClN4O6/c1-23-18-16(19(27)24(2)20(23)28)25(11-22-18)7-8-31-15(26)6-5-12-9-13(21)17(30-4)14(10-12)29-3/h5-6,9-11H,7-8H2,1-4H3/b6-5+. The molecule has 10 nitrogen and oxygen atoms in total. The molecule has 0 saturated heterocycles. The van der Waals surface area contributed by atoms with Crippen LogP contribution in [0.5, 0.6) is 11.5 Å². The van der Waals surface area contributed by atoms with Gasteiger partial charge in [-0.25, -0.2) is 14.6 Å². The SMILES string of the molecule is COc1cc(/C=C/C(=O)OCCn2cnc3c2c(=O)n(C)c(=O)n3C)cc(Cl)c1OC. The minimum absolute atomic E-state index is 0.00726. The van der Waals surface area contributed by atoms with E-state index in [-0.39, 0.29) is 24.3 Å². The summed E-state index contributed by atoms with van der Waals surface area (Å²) in [6.45, 7) is 0.207. The lowest BCUT2D eigenvalue weighted by atomic mass is 10.2. The number of imidazole rings is 1. The molecule has 0 saturated carbocycles. The molecule has 2 heterocycles. The van der Waals surface area contributed by atoms with Crippen molar-refractivity contribution in [2.24, 2.45) is 14.1 Å². The van der Waals surface area contributed by atoms with Gasteiger partial charge in [0.05, 0.1) is 32.1 Å². The second-order valence-corrected chi connectivity index (χ2v) is 6.96. The van der Waals surface area contributed by atoms with Gasteiger partial charge in [-0.05, 0) is 23.8 Å². The van der Waals surface area contributed by atoms with Gasteiger partial charge in [0.1, 0.15) is 6.61 Å². The van der Waals surface area contributed by atoms with Crippen molar-refractivity contribution in [2.45, 2.75) is 6.54 Å². The predicted molar refractivity (Wildman–Crippen MR) is 115 cm³/mol. The summed E-state index contributed by atoms with van der Waals surface area (Å²) < 4.78 is 19.4. The van der Waals surface area contributed by atoms with Crippen LogP contribution in [0, 0.1) is 0 Å². The fourth-order valence-electron chi connectivity index (χ4n) is 3.06. The van der Waals surface area contributed by atoms with E-state index in [4.69, 9.17) is 25.8 Å². The van der Waals surface area contributed by atoms with Crippen LogP contribution >= 0.6 is 11.6 Å². The number of fused-ring (bicyclic) bond motifs is 1. The second kappa shape index (κ2) is 9.09. The van der Waals surface area contributed by atoms with Gasteiger partial charge in [-0.3, -0.25) is 13.9 Å². The number of aromatic nitrogens is 4. The van der Waals surface area contributed by atoms with E-state index in [1.807, 2.05) is 0 Å². The van der Waals surface area contributed by atoms with Crippen LogP contribution in [0.4, 0.5) is 0 Å². The fourth-order valence-corrected chi connectivity index (χ4v) is 3.35. The van der Waals surface area contributed by atoms with Crippen molar-refractivity contribution in [1.29, 1.82) is 0 Å². The Bertz CT molecular complexity index is 1290.